The van der Waals surface area contributed by atoms with E-state index in [4.69, 9.17) is 5.11 Å². The van der Waals surface area contributed by atoms with Crippen molar-refractivity contribution in [2.75, 3.05) is 0 Å². The number of rotatable bonds is 3. The summed E-state index contributed by atoms with van der Waals surface area (Å²) in [4.78, 5) is 25.5. The van der Waals surface area contributed by atoms with E-state index in [9.17, 15) is 9.59 Å². The molecule has 0 saturated heterocycles. The molecule has 6 heteroatoms. The minimum Gasteiger partial charge on any atom is -0.481 e. The molecule has 0 fully saturated rings. The molecule has 2 heterocycles. The number of pyridine rings is 1. The Morgan fingerprint density at radius 3 is 2.71 bits per heavy atom. The smallest absolute Gasteiger partial charge is 0.308 e. The van der Waals surface area contributed by atoms with Crippen molar-refractivity contribution in [2.45, 2.75) is 13.3 Å². The van der Waals surface area contributed by atoms with Gasteiger partial charge in [0.15, 0.2) is 0 Å². The van der Waals surface area contributed by atoms with Crippen molar-refractivity contribution in [1.82, 2.24) is 14.8 Å². The van der Waals surface area contributed by atoms with Crippen LogP contribution in [0.5, 0.6) is 0 Å². The summed E-state index contributed by atoms with van der Waals surface area (Å²) in [6.07, 6.45) is -0.304. The number of nitrogens with zero attached hydrogens (tertiary/aromatic N) is 2. The van der Waals surface area contributed by atoms with Crippen LogP contribution in [0.25, 0.3) is 16.7 Å². The summed E-state index contributed by atoms with van der Waals surface area (Å²) in [5.74, 6) is -1.03. The Kier molecular flexibility index (Phi) is 3.06. The monoisotopic (exact) mass is 283 g/mol. The standard InChI is InChI=1S/C15H13N3O3/c1-9-12-7-10(8-13(19)20)15(21)16-14(12)18(17-9)11-5-3-2-4-6-11/h2-7H,8H2,1H3,(H,16,21)(H,19,20). The lowest BCUT2D eigenvalue weighted by molar-refractivity contribution is -0.136. The zero-order valence-corrected chi connectivity index (χ0v) is 11.3. The number of carboxylic acid groups (broad SMARTS) is 1. The number of carbonyl (C=O) groups is 1. The van der Waals surface area contributed by atoms with Crippen molar-refractivity contribution in [2.24, 2.45) is 0 Å². The molecule has 0 bridgehead atoms. The van der Waals surface area contributed by atoms with Gasteiger partial charge in [-0.2, -0.15) is 5.10 Å². The number of fused-ring (bicyclic) bond motifs is 1. The number of nitrogens with one attached hydrogen (secondary N) is 1. The van der Waals surface area contributed by atoms with Gasteiger partial charge in [0.1, 0.15) is 5.65 Å². The summed E-state index contributed by atoms with van der Waals surface area (Å²) in [5, 5.41) is 14.0. The molecule has 0 spiro atoms. The Balaban J connectivity index is 2.25. The van der Waals surface area contributed by atoms with Gasteiger partial charge < -0.3 is 10.1 Å². The van der Waals surface area contributed by atoms with Gasteiger partial charge in [-0.15, -0.1) is 0 Å². The van der Waals surface area contributed by atoms with Gasteiger partial charge in [-0.25, -0.2) is 4.68 Å². The van der Waals surface area contributed by atoms with Gasteiger partial charge in [0, 0.05) is 10.9 Å². The average molecular weight is 283 g/mol. The maximum absolute atomic E-state index is 12.0. The predicted molar refractivity (Wildman–Crippen MR) is 77.8 cm³/mol. The Morgan fingerprint density at radius 1 is 1.33 bits per heavy atom. The topological polar surface area (TPSA) is 88.0 Å². The molecule has 0 radical (unpaired) electrons. The first-order chi connectivity index (χ1) is 10.1. The molecule has 0 saturated carbocycles. The number of carboxylic acids is 1. The Morgan fingerprint density at radius 2 is 2.05 bits per heavy atom. The second-order valence-corrected chi connectivity index (χ2v) is 4.79. The minimum atomic E-state index is -1.03. The fourth-order valence-electron chi connectivity index (χ4n) is 2.31. The molecule has 0 unspecified atom stereocenters. The highest BCUT2D eigenvalue weighted by Crippen LogP contribution is 2.19. The van der Waals surface area contributed by atoms with Crippen molar-refractivity contribution in [3.05, 3.63) is 58.0 Å². The molecule has 6 nitrogen and oxygen atoms in total. The Hall–Kier alpha value is -2.89. The number of hydrogen-bond donors (Lipinski definition) is 2. The van der Waals surface area contributed by atoms with Crippen LogP contribution in [0.4, 0.5) is 0 Å². The van der Waals surface area contributed by atoms with Crippen molar-refractivity contribution >= 4 is 17.0 Å². The molecule has 0 amide bonds. The van der Waals surface area contributed by atoms with E-state index in [-0.39, 0.29) is 12.0 Å². The van der Waals surface area contributed by atoms with E-state index in [0.29, 0.717) is 5.65 Å². The highest BCUT2D eigenvalue weighted by molar-refractivity contribution is 5.81. The van der Waals surface area contributed by atoms with E-state index < -0.39 is 11.5 Å². The SMILES string of the molecule is Cc1nn(-c2ccccc2)c2[nH]c(=O)c(CC(=O)O)cc12. The van der Waals surface area contributed by atoms with Gasteiger partial charge in [0.25, 0.3) is 5.56 Å². The number of H-pyrrole nitrogens is 1. The quantitative estimate of drug-likeness (QED) is 0.765. The van der Waals surface area contributed by atoms with Crippen molar-refractivity contribution in [3.63, 3.8) is 0 Å². The molecule has 0 aliphatic rings. The molecule has 1 aromatic carbocycles. The summed E-state index contributed by atoms with van der Waals surface area (Å²) >= 11 is 0. The summed E-state index contributed by atoms with van der Waals surface area (Å²) < 4.78 is 1.65. The molecule has 0 aliphatic heterocycles. The van der Waals surface area contributed by atoms with Crippen molar-refractivity contribution < 1.29 is 9.90 Å². The zero-order valence-electron chi connectivity index (χ0n) is 11.3. The lowest BCUT2D eigenvalue weighted by Crippen LogP contribution is -2.16. The van der Waals surface area contributed by atoms with Gasteiger partial charge >= 0.3 is 5.97 Å². The van der Waals surface area contributed by atoms with E-state index >= 15 is 0 Å². The molecule has 3 rings (SSSR count). The van der Waals surface area contributed by atoms with Crippen LogP contribution in [0, 0.1) is 6.92 Å². The highest BCUT2D eigenvalue weighted by Gasteiger charge is 2.14. The molecule has 21 heavy (non-hydrogen) atoms. The van der Waals surface area contributed by atoms with Crippen LogP contribution >= 0.6 is 0 Å². The molecule has 2 N–H and O–H groups in total. The lowest BCUT2D eigenvalue weighted by Gasteiger charge is -2.03. The van der Waals surface area contributed by atoms with Gasteiger partial charge in [-0.1, -0.05) is 18.2 Å². The van der Waals surface area contributed by atoms with Crippen LogP contribution in [0.15, 0.2) is 41.2 Å². The van der Waals surface area contributed by atoms with Crippen LogP contribution in [0.3, 0.4) is 0 Å². The van der Waals surface area contributed by atoms with Crippen LogP contribution in [0.1, 0.15) is 11.3 Å². The van der Waals surface area contributed by atoms with E-state index in [1.54, 1.807) is 10.7 Å². The lowest BCUT2D eigenvalue weighted by atomic mass is 10.1. The van der Waals surface area contributed by atoms with Crippen LogP contribution < -0.4 is 5.56 Å². The molecular formula is C15H13N3O3. The zero-order chi connectivity index (χ0) is 15.0. The Labute approximate surface area is 119 Å². The second kappa shape index (κ2) is 4.90. The van der Waals surface area contributed by atoms with Crippen LogP contribution in [0.2, 0.25) is 0 Å². The average Bonchev–Trinajstić information content (AvgIpc) is 2.77. The first kappa shape index (κ1) is 13.1. The van der Waals surface area contributed by atoms with Crippen molar-refractivity contribution in [1.29, 1.82) is 0 Å². The van der Waals surface area contributed by atoms with Gasteiger partial charge in [0.05, 0.1) is 17.8 Å². The molecule has 0 atom stereocenters. The number of benzene rings is 1. The minimum absolute atomic E-state index is 0.228. The Bertz CT molecular complexity index is 878. The maximum Gasteiger partial charge on any atom is 0.308 e. The van der Waals surface area contributed by atoms with Gasteiger partial charge in [-0.05, 0) is 25.1 Å². The molecular weight excluding hydrogens is 270 g/mol. The van der Waals surface area contributed by atoms with E-state index in [2.05, 4.69) is 10.1 Å². The van der Waals surface area contributed by atoms with E-state index in [1.165, 1.54) is 0 Å². The number of aliphatic carboxylic acids is 1. The number of para-hydroxylation sites is 1. The van der Waals surface area contributed by atoms with Crippen molar-refractivity contribution in [3.8, 4) is 5.69 Å². The van der Waals surface area contributed by atoms with E-state index in [1.807, 2.05) is 37.3 Å². The second-order valence-electron chi connectivity index (χ2n) is 4.79. The maximum atomic E-state index is 12.0. The molecule has 3 aromatic rings. The summed E-state index contributed by atoms with van der Waals surface area (Å²) in [6, 6.07) is 11.0. The molecule has 2 aromatic heterocycles. The summed E-state index contributed by atoms with van der Waals surface area (Å²) in [6.45, 7) is 1.82. The predicted octanol–water partition coefficient (Wildman–Crippen LogP) is 1.65. The number of aromatic amines is 1. The summed E-state index contributed by atoms with van der Waals surface area (Å²) in [7, 11) is 0. The number of aryl methyl sites for hydroxylation is 1. The molecule has 106 valence electrons. The van der Waals surface area contributed by atoms with Crippen LogP contribution in [-0.4, -0.2) is 25.8 Å². The first-order valence-corrected chi connectivity index (χ1v) is 6.45. The summed E-state index contributed by atoms with van der Waals surface area (Å²) in [5.41, 5.74) is 1.96. The third kappa shape index (κ3) is 2.31. The third-order valence-electron chi connectivity index (χ3n) is 3.29. The first-order valence-electron chi connectivity index (χ1n) is 6.45. The highest BCUT2D eigenvalue weighted by atomic mass is 16.4. The normalized spacial score (nSPS) is 10.9. The number of hydrogen-bond acceptors (Lipinski definition) is 3. The largest absolute Gasteiger partial charge is 0.481 e. The van der Waals surface area contributed by atoms with Crippen LogP contribution in [-0.2, 0) is 11.2 Å². The number of aromatic nitrogens is 3. The fraction of sp³-hybridized carbons (Fsp3) is 0.133. The fourth-order valence-corrected chi connectivity index (χ4v) is 2.31. The van der Waals surface area contributed by atoms with E-state index in [0.717, 1.165) is 16.8 Å². The third-order valence-corrected chi connectivity index (χ3v) is 3.29. The molecule has 0 aliphatic carbocycles. The van der Waals surface area contributed by atoms with Gasteiger partial charge in [-0.3, -0.25) is 9.59 Å². The van der Waals surface area contributed by atoms with Gasteiger partial charge in [0.2, 0.25) is 0 Å².